The third kappa shape index (κ3) is 7.25. The molecule has 0 spiro atoms. The lowest BCUT2D eigenvalue weighted by atomic mass is 10.1. The van der Waals surface area contributed by atoms with E-state index in [0.717, 1.165) is 23.2 Å². The van der Waals surface area contributed by atoms with Gasteiger partial charge in [-0.25, -0.2) is 0 Å². The monoisotopic (exact) mass is 375 g/mol. The minimum absolute atomic E-state index is 0. The Bertz CT molecular complexity index is 690. The lowest BCUT2D eigenvalue weighted by Gasteiger charge is -2.13. The van der Waals surface area contributed by atoms with Gasteiger partial charge in [0.1, 0.15) is 0 Å². The number of benzene rings is 2. The van der Waals surface area contributed by atoms with Gasteiger partial charge in [-0.05, 0) is 36.1 Å². The van der Waals surface area contributed by atoms with Crippen LogP contribution < -0.4 is 16.4 Å². The number of halogens is 1. The summed E-state index contributed by atoms with van der Waals surface area (Å²) in [5.41, 5.74) is 8.71. The topological polar surface area (TPSA) is 84.2 Å². The van der Waals surface area contributed by atoms with Crippen molar-refractivity contribution < 1.29 is 9.59 Å². The van der Waals surface area contributed by atoms with E-state index in [4.69, 9.17) is 5.73 Å². The van der Waals surface area contributed by atoms with Crippen LogP contribution in [0.1, 0.15) is 30.9 Å². The largest absolute Gasteiger partial charge is 0.351 e. The summed E-state index contributed by atoms with van der Waals surface area (Å²) in [6.07, 6.45) is 1.84. The maximum absolute atomic E-state index is 12.1. The second-order valence-electron chi connectivity index (χ2n) is 6.01. The molecule has 140 valence electrons. The van der Waals surface area contributed by atoms with Gasteiger partial charge in [0.05, 0.1) is 6.04 Å². The highest BCUT2D eigenvalue weighted by molar-refractivity contribution is 5.90. The third-order valence-electron chi connectivity index (χ3n) is 3.82. The first kappa shape index (κ1) is 21.7. The first-order valence-corrected chi connectivity index (χ1v) is 8.54. The summed E-state index contributed by atoms with van der Waals surface area (Å²) < 4.78 is 0. The number of hydrogen-bond donors (Lipinski definition) is 3. The summed E-state index contributed by atoms with van der Waals surface area (Å²) in [7, 11) is 0. The predicted octanol–water partition coefficient (Wildman–Crippen LogP) is 3.03. The smallest absolute Gasteiger partial charge is 0.237 e. The maximum atomic E-state index is 12.1. The maximum Gasteiger partial charge on any atom is 0.237 e. The van der Waals surface area contributed by atoms with Gasteiger partial charge in [0.15, 0.2) is 0 Å². The van der Waals surface area contributed by atoms with E-state index in [1.165, 1.54) is 0 Å². The normalized spacial score (nSPS) is 11.2. The van der Waals surface area contributed by atoms with E-state index >= 15 is 0 Å². The molecule has 0 aromatic heterocycles. The zero-order chi connectivity index (χ0) is 18.1. The molecule has 2 aromatic carbocycles. The first-order chi connectivity index (χ1) is 12.1. The predicted molar refractivity (Wildman–Crippen MR) is 107 cm³/mol. The highest BCUT2D eigenvalue weighted by Gasteiger charge is 2.13. The number of anilines is 1. The number of carbonyl (C=O) groups is 2. The van der Waals surface area contributed by atoms with Crippen LogP contribution in [-0.4, -0.2) is 17.9 Å². The highest BCUT2D eigenvalue weighted by Crippen LogP contribution is 2.10. The summed E-state index contributed by atoms with van der Waals surface area (Å²) in [4.78, 5) is 23.7. The average Bonchev–Trinajstić information content (AvgIpc) is 2.62. The minimum atomic E-state index is -0.574. The number of rotatable bonds is 8. The van der Waals surface area contributed by atoms with Crippen molar-refractivity contribution in [3.05, 3.63) is 65.7 Å². The van der Waals surface area contributed by atoms with E-state index in [-0.39, 0.29) is 24.2 Å². The van der Waals surface area contributed by atoms with Gasteiger partial charge in [-0.1, -0.05) is 49.4 Å². The van der Waals surface area contributed by atoms with Crippen molar-refractivity contribution in [3.63, 3.8) is 0 Å². The summed E-state index contributed by atoms with van der Waals surface area (Å²) in [6, 6.07) is 16.6. The summed E-state index contributed by atoms with van der Waals surface area (Å²) >= 11 is 0. The van der Waals surface area contributed by atoms with Crippen LogP contribution in [0.5, 0.6) is 0 Å². The first-order valence-electron chi connectivity index (χ1n) is 8.54. The molecule has 0 aliphatic rings. The molecule has 2 rings (SSSR count). The van der Waals surface area contributed by atoms with Crippen molar-refractivity contribution >= 4 is 29.9 Å². The van der Waals surface area contributed by atoms with E-state index in [0.29, 0.717) is 19.4 Å². The highest BCUT2D eigenvalue weighted by atomic mass is 35.5. The lowest BCUT2D eigenvalue weighted by molar-refractivity contribution is -0.122. The van der Waals surface area contributed by atoms with E-state index in [9.17, 15) is 9.59 Å². The second-order valence-corrected chi connectivity index (χ2v) is 6.01. The molecule has 0 fully saturated rings. The molecule has 0 radical (unpaired) electrons. The number of carbonyl (C=O) groups excluding carboxylic acids is 2. The molecule has 0 aliphatic carbocycles. The standard InChI is InChI=1S/C20H25N3O2.ClH/c1-2-6-19(24)23-17-11-9-16(10-12-17)14-22-20(25)18(21)13-15-7-4-3-5-8-15;/h3-5,7-12,18H,2,6,13-14,21H2,1H3,(H,22,25)(H,23,24);1H/t18-;/m0./s1. The Balaban J connectivity index is 0.00000338. The third-order valence-corrected chi connectivity index (χ3v) is 3.82. The Morgan fingerprint density at radius 1 is 1.00 bits per heavy atom. The molecule has 4 N–H and O–H groups in total. The van der Waals surface area contributed by atoms with Crippen molar-refractivity contribution in [1.82, 2.24) is 5.32 Å². The van der Waals surface area contributed by atoms with Crippen LogP contribution >= 0.6 is 12.4 Å². The zero-order valence-electron chi connectivity index (χ0n) is 14.9. The fourth-order valence-electron chi connectivity index (χ4n) is 2.44. The summed E-state index contributed by atoms with van der Waals surface area (Å²) in [6.45, 7) is 2.37. The molecule has 2 amide bonds. The molecule has 26 heavy (non-hydrogen) atoms. The van der Waals surface area contributed by atoms with E-state index in [1.807, 2.05) is 61.5 Å². The molecule has 0 saturated heterocycles. The number of nitrogens with one attached hydrogen (secondary N) is 2. The number of amides is 2. The Labute approximate surface area is 160 Å². The molecular formula is C20H26ClN3O2. The average molecular weight is 376 g/mol. The number of nitrogens with two attached hydrogens (primary N) is 1. The van der Waals surface area contributed by atoms with Gasteiger partial charge in [0.2, 0.25) is 11.8 Å². The van der Waals surface area contributed by atoms with E-state index in [1.54, 1.807) is 0 Å². The van der Waals surface area contributed by atoms with Crippen molar-refractivity contribution in [2.45, 2.75) is 38.8 Å². The van der Waals surface area contributed by atoms with Crippen LogP contribution in [0.4, 0.5) is 5.69 Å². The van der Waals surface area contributed by atoms with Crippen LogP contribution in [0, 0.1) is 0 Å². The van der Waals surface area contributed by atoms with Crippen LogP contribution in [-0.2, 0) is 22.6 Å². The molecule has 5 nitrogen and oxygen atoms in total. The molecule has 0 aliphatic heterocycles. The summed E-state index contributed by atoms with van der Waals surface area (Å²) in [5, 5.41) is 5.68. The van der Waals surface area contributed by atoms with Crippen molar-refractivity contribution in [2.24, 2.45) is 5.73 Å². The van der Waals surface area contributed by atoms with Crippen molar-refractivity contribution in [2.75, 3.05) is 5.32 Å². The molecule has 0 heterocycles. The fraction of sp³-hybridized carbons (Fsp3) is 0.300. The van der Waals surface area contributed by atoms with Gasteiger partial charge < -0.3 is 16.4 Å². The minimum Gasteiger partial charge on any atom is -0.351 e. The lowest BCUT2D eigenvalue weighted by Crippen LogP contribution is -2.41. The van der Waals surface area contributed by atoms with Crippen LogP contribution in [0.2, 0.25) is 0 Å². The Morgan fingerprint density at radius 2 is 1.65 bits per heavy atom. The van der Waals surface area contributed by atoms with Gasteiger partial charge in [-0.3, -0.25) is 9.59 Å². The van der Waals surface area contributed by atoms with Crippen LogP contribution in [0.25, 0.3) is 0 Å². The van der Waals surface area contributed by atoms with Crippen LogP contribution in [0.3, 0.4) is 0 Å². The molecular weight excluding hydrogens is 350 g/mol. The molecule has 0 unspecified atom stereocenters. The van der Waals surface area contributed by atoms with Gasteiger partial charge >= 0.3 is 0 Å². The molecule has 2 aromatic rings. The van der Waals surface area contributed by atoms with Crippen molar-refractivity contribution in [1.29, 1.82) is 0 Å². The summed E-state index contributed by atoms with van der Waals surface area (Å²) in [5.74, 6) is -0.167. The van der Waals surface area contributed by atoms with Gasteiger partial charge in [0.25, 0.3) is 0 Å². The fourth-order valence-corrected chi connectivity index (χ4v) is 2.44. The molecule has 0 bridgehead atoms. The molecule has 1 atom stereocenters. The van der Waals surface area contributed by atoms with E-state index < -0.39 is 6.04 Å². The quantitative estimate of drug-likeness (QED) is 0.663. The Kier molecular flexibility index (Phi) is 9.41. The zero-order valence-corrected chi connectivity index (χ0v) is 15.7. The molecule has 0 saturated carbocycles. The van der Waals surface area contributed by atoms with Gasteiger partial charge in [-0.15, -0.1) is 12.4 Å². The molecule has 6 heteroatoms. The SMILES string of the molecule is CCCC(=O)Nc1ccc(CNC(=O)[C@@H](N)Cc2ccccc2)cc1.Cl. The van der Waals surface area contributed by atoms with Gasteiger partial charge in [-0.2, -0.15) is 0 Å². The number of hydrogen-bond acceptors (Lipinski definition) is 3. The second kappa shape index (κ2) is 11.3. The van der Waals surface area contributed by atoms with Gasteiger partial charge in [0, 0.05) is 18.7 Å². The van der Waals surface area contributed by atoms with E-state index in [2.05, 4.69) is 10.6 Å². The Hall–Kier alpha value is -2.37. The van der Waals surface area contributed by atoms with Crippen LogP contribution in [0.15, 0.2) is 54.6 Å². The Morgan fingerprint density at radius 3 is 2.27 bits per heavy atom. The van der Waals surface area contributed by atoms with Crippen molar-refractivity contribution in [3.8, 4) is 0 Å².